The monoisotopic (exact) mass is 532 g/mol. The van der Waals surface area contributed by atoms with Crippen molar-refractivity contribution in [2.45, 2.75) is 13.5 Å². The van der Waals surface area contributed by atoms with Crippen LogP contribution >= 0.6 is 46.6 Å². The van der Waals surface area contributed by atoms with Crippen LogP contribution in [0.15, 0.2) is 70.6 Å². The van der Waals surface area contributed by atoms with Crippen molar-refractivity contribution in [1.29, 1.82) is 0 Å². The first-order chi connectivity index (χ1) is 16.4. The molecule has 174 valence electrons. The number of carbonyl (C=O) groups excluding carboxylic acids is 1. The van der Waals surface area contributed by atoms with E-state index in [-0.39, 0.29) is 12.5 Å². The molecule has 1 heterocycles. The minimum absolute atomic E-state index is 0.230. The minimum Gasteiger partial charge on any atom is -0.490 e. The van der Waals surface area contributed by atoms with E-state index < -0.39 is 0 Å². The third kappa shape index (κ3) is 6.07. The molecule has 1 amide bonds. The zero-order valence-corrected chi connectivity index (χ0v) is 21.1. The molecule has 1 aliphatic heterocycles. The first kappa shape index (κ1) is 24.5. The maximum Gasteiger partial charge on any atom is 0.264 e. The highest BCUT2D eigenvalue weighted by Crippen LogP contribution is 2.34. The lowest BCUT2D eigenvalue weighted by Gasteiger charge is -2.13. The van der Waals surface area contributed by atoms with Crippen LogP contribution in [0.3, 0.4) is 0 Å². The van der Waals surface area contributed by atoms with Crippen LogP contribution in [0.4, 0.5) is 5.69 Å². The maximum atomic E-state index is 12.5. The highest BCUT2D eigenvalue weighted by molar-refractivity contribution is 8.18. The summed E-state index contributed by atoms with van der Waals surface area (Å²) < 4.78 is 11.7. The Morgan fingerprint density at radius 2 is 1.79 bits per heavy atom. The van der Waals surface area contributed by atoms with E-state index in [0.29, 0.717) is 48.9 Å². The molecule has 0 aliphatic carbocycles. The Bertz CT molecular complexity index is 1290. The number of thioether (sulfide) groups is 1. The van der Waals surface area contributed by atoms with E-state index in [1.165, 1.54) is 11.8 Å². The standard InChI is InChI=1S/C25H19Cl3N2O3S/c1-2-32-22-11-15(7-10-21(22)33-14-16-8-9-17(26)13-19(16)28)12-23-24(31)30-25(34-23)29-20-6-4-3-5-18(20)27/h3-13H,2,14H2,1H3,(H,29,30,31)/b23-12+. The molecule has 1 saturated heterocycles. The van der Waals surface area contributed by atoms with Crippen molar-refractivity contribution in [3.63, 3.8) is 0 Å². The number of nitrogens with one attached hydrogen (secondary N) is 1. The molecule has 5 nitrogen and oxygen atoms in total. The van der Waals surface area contributed by atoms with Crippen LogP contribution < -0.4 is 14.8 Å². The van der Waals surface area contributed by atoms with Crippen LogP contribution in [-0.2, 0) is 11.4 Å². The fourth-order valence-electron chi connectivity index (χ4n) is 3.08. The van der Waals surface area contributed by atoms with E-state index in [0.717, 1.165) is 11.1 Å². The van der Waals surface area contributed by atoms with Crippen LogP contribution in [0, 0.1) is 0 Å². The van der Waals surface area contributed by atoms with Crippen molar-refractivity contribution in [3.05, 3.63) is 91.8 Å². The molecule has 0 aromatic heterocycles. The summed E-state index contributed by atoms with van der Waals surface area (Å²) in [6, 6.07) is 17.9. The Labute approximate surface area is 216 Å². The van der Waals surface area contributed by atoms with Crippen LogP contribution in [0.5, 0.6) is 11.5 Å². The molecule has 0 spiro atoms. The van der Waals surface area contributed by atoms with Crippen LogP contribution in [0.1, 0.15) is 18.1 Å². The average molecular weight is 534 g/mol. The predicted octanol–water partition coefficient (Wildman–Crippen LogP) is 7.52. The number of nitrogens with zero attached hydrogens (tertiary/aromatic N) is 1. The van der Waals surface area contributed by atoms with Gasteiger partial charge in [0.2, 0.25) is 0 Å². The first-order valence-corrected chi connectivity index (χ1v) is 12.3. The second kappa shape index (κ2) is 11.2. The molecule has 3 aromatic rings. The summed E-state index contributed by atoms with van der Waals surface area (Å²) in [5.74, 6) is 0.904. The summed E-state index contributed by atoms with van der Waals surface area (Å²) in [6.07, 6.45) is 1.78. The number of carbonyl (C=O) groups is 1. The van der Waals surface area contributed by atoms with Gasteiger partial charge in [-0.2, -0.15) is 0 Å². The molecule has 3 aromatic carbocycles. The van der Waals surface area contributed by atoms with Crippen molar-refractivity contribution in [3.8, 4) is 11.5 Å². The molecule has 1 aliphatic rings. The molecule has 34 heavy (non-hydrogen) atoms. The number of hydrogen-bond donors (Lipinski definition) is 1. The van der Waals surface area contributed by atoms with Crippen LogP contribution in [0.2, 0.25) is 15.1 Å². The molecule has 0 atom stereocenters. The number of ether oxygens (including phenoxy) is 2. The highest BCUT2D eigenvalue weighted by atomic mass is 35.5. The van der Waals surface area contributed by atoms with Gasteiger partial charge in [-0.15, -0.1) is 0 Å². The summed E-state index contributed by atoms with van der Waals surface area (Å²) in [5.41, 5.74) is 2.19. The number of benzene rings is 3. The van der Waals surface area contributed by atoms with Crippen molar-refractivity contribution in [2.24, 2.45) is 4.99 Å². The number of amidine groups is 1. The largest absolute Gasteiger partial charge is 0.490 e. The van der Waals surface area contributed by atoms with Crippen molar-refractivity contribution in [1.82, 2.24) is 5.32 Å². The molecule has 4 rings (SSSR count). The SMILES string of the molecule is CCOc1cc(/C=C2/SC(=Nc3ccccc3Cl)NC2=O)ccc1OCc1ccc(Cl)cc1Cl. The Morgan fingerprint density at radius 3 is 2.56 bits per heavy atom. The van der Waals surface area contributed by atoms with E-state index in [1.807, 2.05) is 37.3 Å². The van der Waals surface area contributed by atoms with Gasteiger partial charge in [0.25, 0.3) is 5.91 Å². The zero-order chi connectivity index (χ0) is 24.1. The van der Waals surface area contributed by atoms with Crippen molar-refractivity contribution < 1.29 is 14.3 Å². The smallest absolute Gasteiger partial charge is 0.264 e. The second-order valence-electron chi connectivity index (χ2n) is 7.10. The van der Waals surface area contributed by atoms with Crippen molar-refractivity contribution in [2.75, 3.05) is 6.61 Å². The van der Waals surface area contributed by atoms with Gasteiger partial charge >= 0.3 is 0 Å². The molecular weight excluding hydrogens is 515 g/mol. The lowest BCUT2D eigenvalue weighted by atomic mass is 10.2. The maximum absolute atomic E-state index is 12.5. The summed E-state index contributed by atoms with van der Waals surface area (Å²) in [4.78, 5) is 17.4. The number of aliphatic imine (C=N–C) groups is 1. The predicted molar refractivity (Wildman–Crippen MR) is 141 cm³/mol. The molecular formula is C25H19Cl3N2O3S. The first-order valence-electron chi connectivity index (χ1n) is 10.3. The van der Waals surface area contributed by atoms with Crippen LogP contribution in [0.25, 0.3) is 6.08 Å². The number of halogens is 3. The lowest BCUT2D eigenvalue weighted by molar-refractivity contribution is -0.115. The van der Waals surface area contributed by atoms with Crippen molar-refractivity contribution >= 4 is 69.4 Å². The third-order valence-electron chi connectivity index (χ3n) is 4.69. The Morgan fingerprint density at radius 1 is 0.971 bits per heavy atom. The zero-order valence-electron chi connectivity index (χ0n) is 18.0. The summed E-state index contributed by atoms with van der Waals surface area (Å²) >= 11 is 19.6. The van der Waals surface area contributed by atoms with Gasteiger partial charge in [0.05, 0.1) is 22.2 Å². The van der Waals surface area contributed by atoms with Gasteiger partial charge in [-0.05, 0) is 66.7 Å². The summed E-state index contributed by atoms with van der Waals surface area (Å²) in [5, 5.41) is 4.85. The summed E-state index contributed by atoms with van der Waals surface area (Å²) in [6.45, 7) is 2.61. The summed E-state index contributed by atoms with van der Waals surface area (Å²) in [7, 11) is 0. The number of amides is 1. The van der Waals surface area contributed by atoms with E-state index in [2.05, 4.69) is 10.3 Å². The van der Waals surface area contributed by atoms with Gasteiger partial charge in [0, 0.05) is 15.6 Å². The van der Waals surface area contributed by atoms with Gasteiger partial charge < -0.3 is 14.8 Å². The van der Waals surface area contributed by atoms with Gasteiger partial charge in [0.1, 0.15) is 6.61 Å². The Balaban J connectivity index is 1.52. The fraction of sp³-hybridized carbons (Fsp3) is 0.120. The Kier molecular flexibility index (Phi) is 8.06. The third-order valence-corrected chi connectivity index (χ3v) is 6.51. The molecule has 0 unspecified atom stereocenters. The second-order valence-corrected chi connectivity index (χ2v) is 9.38. The fourth-order valence-corrected chi connectivity index (χ4v) is 4.56. The van der Waals surface area contributed by atoms with E-state index in [9.17, 15) is 4.79 Å². The van der Waals surface area contributed by atoms with Gasteiger partial charge in [-0.1, -0.05) is 59.1 Å². The van der Waals surface area contributed by atoms with E-state index in [1.54, 1.807) is 36.4 Å². The average Bonchev–Trinajstić information content (AvgIpc) is 3.14. The van der Waals surface area contributed by atoms with E-state index >= 15 is 0 Å². The molecule has 0 saturated carbocycles. The van der Waals surface area contributed by atoms with Gasteiger partial charge in [0.15, 0.2) is 16.7 Å². The minimum atomic E-state index is -0.230. The van der Waals surface area contributed by atoms with E-state index in [4.69, 9.17) is 44.3 Å². The van der Waals surface area contributed by atoms with Gasteiger partial charge in [-0.3, -0.25) is 4.79 Å². The topological polar surface area (TPSA) is 59.9 Å². The highest BCUT2D eigenvalue weighted by Gasteiger charge is 2.24. The normalized spacial score (nSPS) is 15.6. The quantitative estimate of drug-likeness (QED) is 0.319. The number of hydrogen-bond acceptors (Lipinski definition) is 5. The lowest BCUT2D eigenvalue weighted by Crippen LogP contribution is -2.19. The molecule has 0 radical (unpaired) electrons. The molecule has 1 fully saturated rings. The number of rotatable bonds is 7. The van der Waals surface area contributed by atoms with Crippen LogP contribution in [-0.4, -0.2) is 17.7 Å². The van der Waals surface area contributed by atoms with Gasteiger partial charge in [-0.25, -0.2) is 4.99 Å². The molecule has 0 bridgehead atoms. The Hall–Kier alpha value is -2.64. The molecule has 1 N–H and O–H groups in total. The number of para-hydroxylation sites is 1. The molecule has 9 heteroatoms.